The average molecular weight is 178 g/mol. The van der Waals surface area contributed by atoms with Gasteiger partial charge in [0.1, 0.15) is 5.75 Å². The van der Waals surface area contributed by atoms with Crippen LogP contribution in [0, 0.1) is 0 Å². The Hall–Kier alpha value is -1.48. The number of benzene rings is 1. The minimum atomic E-state index is -0.905. The number of aliphatic hydroxyl groups excluding tert-OH is 1. The molecule has 1 heterocycles. The van der Waals surface area contributed by atoms with Crippen molar-refractivity contribution in [2.45, 2.75) is 6.29 Å². The highest BCUT2D eigenvalue weighted by atomic mass is 16.6. The Kier molecular flexibility index (Phi) is 1.94. The van der Waals surface area contributed by atoms with Crippen molar-refractivity contribution in [3.8, 4) is 5.75 Å². The zero-order valence-corrected chi connectivity index (χ0v) is 7.23. The van der Waals surface area contributed by atoms with Gasteiger partial charge in [0.05, 0.1) is 18.9 Å². The van der Waals surface area contributed by atoms with Gasteiger partial charge in [0.15, 0.2) is 0 Å². The predicted molar refractivity (Wildman–Crippen MR) is 48.1 cm³/mol. The van der Waals surface area contributed by atoms with Gasteiger partial charge < -0.3 is 14.6 Å². The van der Waals surface area contributed by atoms with Crippen molar-refractivity contribution in [2.24, 2.45) is 0 Å². The molecule has 1 aliphatic rings. The molecule has 1 unspecified atom stereocenters. The molecule has 0 aromatic heterocycles. The van der Waals surface area contributed by atoms with E-state index >= 15 is 0 Å². The van der Waals surface area contributed by atoms with Crippen molar-refractivity contribution < 1.29 is 14.6 Å². The quantitative estimate of drug-likeness (QED) is 0.660. The summed E-state index contributed by atoms with van der Waals surface area (Å²) >= 11 is 0. The van der Waals surface area contributed by atoms with Crippen molar-refractivity contribution in [1.82, 2.24) is 0 Å². The topological polar surface area (TPSA) is 38.7 Å². The molecule has 0 fully saturated rings. The molecule has 0 spiro atoms. The Labute approximate surface area is 76.2 Å². The van der Waals surface area contributed by atoms with Gasteiger partial charge in [-0.1, -0.05) is 18.2 Å². The molecule has 3 heteroatoms. The van der Waals surface area contributed by atoms with Crippen LogP contribution in [0.1, 0.15) is 5.56 Å². The Morgan fingerprint density at radius 3 is 3.00 bits per heavy atom. The second-order valence-corrected chi connectivity index (χ2v) is 2.78. The first-order valence-electron chi connectivity index (χ1n) is 4.00. The summed E-state index contributed by atoms with van der Waals surface area (Å²) in [4.78, 5) is 0. The van der Waals surface area contributed by atoms with Crippen LogP contribution in [0.4, 0.5) is 0 Å². The fourth-order valence-electron chi connectivity index (χ4n) is 1.37. The lowest BCUT2D eigenvalue weighted by Crippen LogP contribution is -2.09. The van der Waals surface area contributed by atoms with E-state index < -0.39 is 6.29 Å². The molecule has 2 rings (SSSR count). The molecule has 13 heavy (non-hydrogen) atoms. The van der Waals surface area contributed by atoms with Crippen LogP contribution in [0.15, 0.2) is 30.5 Å². The highest BCUT2D eigenvalue weighted by Gasteiger charge is 2.26. The summed E-state index contributed by atoms with van der Waals surface area (Å²) in [6.45, 7) is 0. The van der Waals surface area contributed by atoms with Crippen LogP contribution in [-0.2, 0) is 4.74 Å². The number of rotatable bonds is 1. The number of para-hydroxylation sites is 1. The van der Waals surface area contributed by atoms with Crippen LogP contribution < -0.4 is 4.74 Å². The first-order chi connectivity index (χ1) is 6.33. The largest absolute Gasteiger partial charge is 0.504 e. The van der Waals surface area contributed by atoms with Crippen LogP contribution in [0.5, 0.6) is 5.75 Å². The Bertz CT molecular complexity index is 344. The molecular weight excluding hydrogens is 168 g/mol. The van der Waals surface area contributed by atoms with Gasteiger partial charge in [0.2, 0.25) is 6.29 Å². The molecule has 1 aromatic rings. The van der Waals surface area contributed by atoms with Crippen molar-refractivity contribution in [1.29, 1.82) is 0 Å². The summed E-state index contributed by atoms with van der Waals surface area (Å²) < 4.78 is 10.0. The Morgan fingerprint density at radius 2 is 2.23 bits per heavy atom. The molecule has 0 aliphatic carbocycles. The van der Waals surface area contributed by atoms with Gasteiger partial charge in [-0.15, -0.1) is 0 Å². The van der Waals surface area contributed by atoms with Crippen LogP contribution in [0.25, 0.3) is 5.57 Å². The fourth-order valence-corrected chi connectivity index (χ4v) is 1.37. The van der Waals surface area contributed by atoms with Crippen LogP contribution >= 0.6 is 0 Å². The second kappa shape index (κ2) is 3.11. The van der Waals surface area contributed by atoms with E-state index in [1.807, 2.05) is 24.3 Å². The number of hydrogen-bond donors (Lipinski definition) is 1. The lowest BCUT2D eigenvalue weighted by atomic mass is 10.1. The van der Waals surface area contributed by atoms with Crippen LogP contribution in [0.3, 0.4) is 0 Å². The van der Waals surface area contributed by atoms with Gasteiger partial charge in [-0.2, -0.15) is 0 Å². The van der Waals surface area contributed by atoms with E-state index in [1.165, 1.54) is 6.26 Å². The second-order valence-electron chi connectivity index (χ2n) is 2.78. The maximum atomic E-state index is 9.47. The van der Waals surface area contributed by atoms with E-state index in [2.05, 4.69) is 0 Å². The van der Waals surface area contributed by atoms with Gasteiger partial charge >= 0.3 is 0 Å². The summed E-state index contributed by atoms with van der Waals surface area (Å²) in [5.74, 6) is 0.693. The van der Waals surface area contributed by atoms with Gasteiger partial charge in [-0.05, 0) is 6.07 Å². The minimum Gasteiger partial charge on any atom is -0.504 e. The molecule has 1 aromatic carbocycles. The number of methoxy groups -OCH3 is 1. The monoisotopic (exact) mass is 178 g/mol. The van der Waals surface area contributed by atoms with E-state index in [4.69, 9.17) is 9.47 Å². The van der Waals surface area contributed by atoms with Crippen molar-refractivity contribution >= 4 is 5.57 Å². The van der Waals surface area contributed by atoms with E-state index in [0.717, 1.165) is 5.56 Å². The molecule has 68 valence electrons. The van der Waals surface area contributed by atoms with E-state index in [1.54, 1.807) is 7.11 Å². The molecule has 0 saturated heterocycles. The number of fused-ring (bicyclic) bond motifs is 1. The average Bonchev–Trinajstić information content (AvgIpc) is 2.44. The third-order valence-electron chi connectivity index (χ3n) is 1.95. The van der Waals surface area contributed by atoms with Crippen LogP contribution in [0.2, 0.25) is 0 Å². The molecule has 1 atom stereocenters. The molecule has 0 saturated carbocycles. The first-order valence-corrected chi connectivity index (χ1v) is 4.00. The van der Waals surface area contributed by atoms with Gasteiger partial charge in [-0.25, -0.2) is 0 Å². The smallest absolute Gasteiger partial charge is 0.228 e. The molecule has 0 bridgehead atoms. The molecule has 1 N–H and O–H groups in total. The van der Waals surface area contributed by atoms with E-state index in [0.29, 0.717) is 11.3 Å². The Morgan fingerprint density at radius 1 is 1.46 bits per heavy atom. The minimum absolute atomic E-state index is 0.665. The van der Waals surface area contributed by atoms with Crippen LogP contribution in [-0.4, -0.2) is 18.5 Å². The van der Waals surface area contributed by atoms with E-state index in [-0.39, 0.29) is 0 Å². The maximum absolute atomic E-state index is 9.47. The molecule has 0 radical (unpaired) electrons. The third-order valence-corrected chi connectivity index (χ3v) is 1.95. The highest BCUT2D eigenvalue weighted by molar-refractivity contribution is 5.75. The summed E-state index contributed by atoms with van der Waals surface area (Å²) in [5, 5.41) is 9.47. The standard InChI is InChI=1S/C10H10O3/c1-12-6-8-7-4-2-3-5-9(7)13-10(8)11/h2-6,10-11H,1H3/b8-6+. The number of aliphatic hydroxyl groups is 1. The lowest BCUT2D eigenvalue weighted by molar-refractivity contribution is 0.0430. The first kappa shape index (κ1) is 8.13. The summed E-state index contributed by atoms with van der Waals surface area (Å²) in [6, 6.07) is 7.45. The maximum Gasteiger partial charge on any atom is 0.228 e. The Balaban J connectivity index is 2.46. The van der Waals surface area contributed by atoms with Crippen molar-refractivity contribution in [3.63, 3.8) is 0 Å². The zero-order chi connectivity index (χ0) is 9.26. The van der Waals surface area contributed by atoms with Crippen molar-refractivity contribution in [2.75, 3.05) is 7.11 Å². The molecule has 1 aliphatic heterocycles. The highest BCUT2D eigenvalue weighted by Crippen LogP contribution is 2.35. The van der Waals surface area contributed by atoms with Gasteiger partial charge in [0.25, 0.3) is 0 Å². The third kappa shape index (κ3) is 1.27. The van der Waals surface area contributed by atoms with Gasteiger partial charge in [0, 0.05) is 5.56 Å². The predicted octanol–water partition coefficient (Wildman–Crippen LogP) is 1.38. The summed E-state index contributed by atoms with van der Waals surface area (Å²) in [6.07, 6.45) is 0.591. The lowest BCUT2D eigenvalue weighted by Gasteiger charge is -2.02. The summed E-state index contributed by atoms with van der Waals surface area (Å²) in [5.41, 5.74) is 1.55. The fraction of sp³-hybridized carbons (Fsp3) is 0.200. The van der Waals surface area contributed by atoms with Gasteiger partial charge in [-0.3, -0.25) is 0 Å². The SMILES string of the molecule is CO/C=C1\c2ccccc2OC1O. The molecule has 3 nitrogen and oxygen atoms in total. The molecular formula is C10H10O3. The van der Waals surface area contributed by atoms with Crippen molar-refractivity contribution in [3.05, 3.63) is 36.1 Å². The zero-order valence-electron chi connectivity index (χ0n) is 7.23. The van der Waals surface area contributed by atoms with E-state index in [9.17, 15) is 5.11 Å². The molecule has 0 amide bonds. The summed E-state index contributed by atoms with van der Waals surface area (Å²) in [7, 11) is 1.54. The number of hydrogen-bond acceptors (Lipinski definition) is 3. The number of ether oxygens (including phenoxy) is 2. The normalized spacial score (nSPS) is 22.6.